The molecule has 2 saturated heterocycles. The molecule has 2 heterocycles. The van der Waals surface area contributed by atoms with Crippen LogP contribution < -0.4 is 10.6 Å². The van der Waals surface area contributed by atoms with Crippen LogP contribution in [0.2, 0.25) is 0 Å². The molecule has 2 aliphatic heterocycles. The van der Waals surface area contributed by atoms with Crippen molar-refractivity contribution >= 4 is 29.9 Å². The molecule has 28 heavy (non-hydrogen) atoms. The van der Waals surface area contributed by atoms with Crippen LogP contribution in [0.3, 0.4) is 0 Å². The zero-order valence-corrected chi connectivity index (χ0v) is 20.6. The molecule has 1 atom stereocenters. The molecular formula is C20H43IN6O. The first-order valence-corrected chi connectivity index (χ1v) is 11.0. The summed E-state index contributed by atoms with van der Waals surface area (Å²) in [5, 5.41) is 6.87. The first kappa shape index (κ1) is 25.9. The first-order valence-electron chi connectivity index (χ1n) is 11.0. The van der Waals surface area contributed by atoms with Crippen molar-refractivity contribution in [3.8, 4) is 0 Å². The second-order valence-corrected chi connectivity index (χ2v) is 7.79. The zero-order chi connectivity index (χ0) is 19.3. The standard InChI is InChI=1S/C20H42N6O.HI/c1-4-21-20(22-7-6-8-25-13-15-27-16-14-25)23-17-19(3)18-26-11-9-24(5-2)10-12-26;/h19H,4-18H2,1-3H3,(H2,21,22,23);1H. The van der Waals surface area contributed by atoms with E-state index in [2.05, 4.69) is 46.1 Å². The number of nitrogens with one attached hydrogen (secondary N) is 2. The van der Waals surface area contributed by atoms with Gasteiger partial charge in [-0.3, -0.25) is 9.89 Å². The van der Waals surface area contributed by atoms with Gasteiger partial charge in [-0.2, -0.15) is 0 Å². The molecule has 2 aliphatic rings. The highest BCUT2D eigenvalue weighted by Crippen LogP contribution is 2.06. The van der Waals surface area contributed by atoms with E-state index in [-0.39, 0.29) is 24.0 Å². The Morgan fingerprint density at radius 1 is 0.964 bits per heavy atom. The molecule has 0 aromatic rings. The normalized spacial score (nSPS) is 21.2. The number of hydrogen-bond donors (Lipinski definition) is 2. The maximum Gasteiger partial charge on any atom is 0.191 e. The third kappa shape index (κ3) is 10.6. The van der Waals surface area contributed by atoms with Gasteiger partial charge in [0.15, 0.2) is 5.96 Å². The highest BCUT2D eigenvalue weighted by molar-refractivity contribution is 14.0. The summed E-state index contributed by atoms with van der Waals surface area (Å²) in [7, 11) is 0. The number of halogens is 1. The van der Waals surface area contributed by atoms with E-state index in [4.69, 9.17) is 9.73 Å². The van der Waals surface area contributed by atoms with E-state index >= 15 is 0 Å². The molecule has 2 rings (SSSR count). The molecule has 166 valence electrons. The molecule has 8 heteroatoms. The van der Waals surface area contributed by atoms with Gasteiger partial charge in [-0.25, -0.2) is 0 Å². The Labute approximate surface area is 189 Å². The summed E-state index contributed by atoms with van der Waals surface area (Å²) < 4.78 is 5.40. The van der Waals surface area contributed by atoms with E-state index in [9.17, 15) is 0 Å². The van der Waals surface area contributed by atoms with Crippen LogP contribution in [0.4, 0.5) is 0 Å². The van der Waals surface area contributed by atoms with Gasteiger partial charge in [0.1, 0.15) is 0 Å². The van der Waals surface area contributed by atoms with Crippen molar-refractivity contribution < 1.29 is 4.74 Å². The van der Waals surface area contributed by atoms with E-state index < -0.39 is 0 Å². The van der Waals surface area contributed by atoms with Crippen molar-refractivity contribution in [1.29, 1.82) is 0 Å². The van der Waals surface area contributed by atoms with Gasteiger partial charge in [0.25, 0.3) is 0 Å². The lowest BCUT2D eigenvalue weighted by Crippen LogP contribution is -2.47. The number of morpholine rings is 1. The summed E-state index contributed by atoms with van der Waals surface area (Å²) in [6, 6.07) is 0. The molecule has 0 aliphatic carbocycles. The Balaban J connectivity index is 0.00000392. The second-order valence-electron chi connectivity index (χ2n) is 7.79. The number of hydrogen-bond acceptors (Lipinski definition) is 5. The van der Waals surface area contributed by atoms with Crippen LogP contribution >= 0.6 is 24.0 Å². The Bertz CT molecular complexity index is 412. The second kappa shape index (κ2) is 15.6. The summed E-state index contributed by atoms with van der Waals surface area (Å²) in [6.07, 6.45) is 1.14. The summed E-state index contributed by atoms with van der Waals surface area (Å²) in [5.41, 5.74) is 0. The SMILES string of the molecule is CCNC(=NCC(C)CN1CCN(CC)CC1)NCCCN1CCOCC1.I. The Morgan fingerprint density at radius 2 is 1.64 bits per heavy atom. The molecule has 0 aromatic heterocycles. The van der Waals surface area contributed by atoms with Crippen molar-refractivity contribution in [2.45, 2.75) is 27.2 Å². The number of aliphatic imine (C=N–C) groups is 1. The van der Waals surface area contributed by atoms with Crippen LogP contribution in [0, 0.1) is 5.92 Å². The summed E-state index contributed by atoms with van der Waals surface area (Å²) in [5.74, 6) is 1.55. The van der Waals surface area contributed by atoms with Crippen LogP contribution in [0.5, 0.6) is 0 Å². The van der Waals surface area contributed by atoms with Gasteiger partial charge in [0, 0.05) is 65.4 Å². The zero-order valence-electron chi connectivity index (χ0n) is 18.3. The van der Waals surface area contributed by atoms with Gasteiger partial charge >= 0.3 is 0 Å². The van der Waals surface area contributed by atoms with Gasteiger partial charge in [-0.15, -0.1) is 24.0 Å². The molecule has 0 radical (unpaired) electrons. The predicted molar refractivity (Wildman–Crippen MR) is 129 cm³/mol. The minimum Gasteiger partial charge on any atom is -0.379 e. The lowest BCUT2D eigenvalue weighted by atomic mass is 10.1. The monoisotopic (exact) mass is 510 g/mol. The van der Waals surface area contributed by atoms with Crippen molar-refractivity contribution in [3.05, 3.63) is 0 Å². The number of guanidine groups is 1. The molecule has 0 bridgehead atoms. The number of ether oxygens (including phenoxy) is 1. The molecule has 2 N–H and O–H groups in total. The molecule has 1 unspecified atom stereocenters. The first-order chi connectivity index (χ1) is 13.2. The van der Waals surface area contributed by atoms with E-state index in [0.717, 1.165) is 71.4 Å². The van der Waals surface area contributed by atoms with Crippen molar-refractivity contribution in [3.63, 3.8) is 0 Å². The molecule has 2 fully saturated rings. The molecule has 0 amide bonds. The van der Waals surface area contributed by atoms with Gasteiger partial charge in [0.05, 0.1) is 13.2 Å². The van der Waals surface area contributed by atoms with E-state index in [1.54, 1.807) is 0 Å². The fourth-order valence-corrected chi connectivity index (χ4v) is 3.71. The highest BCUT2D eigenvalue weighted by Gasteiger charge is 2.17. The summed E-state index contributed by atoms with van der Waals surface area (Å²) in [6.45, 7) is 21.6. The predicted octanol–water partition coefficient (Wildman–Crippen LogP) is 1.16. The van der Waals surface area contributed by atoms with E-state index in [1.807, 2.05) is 0 Å². The molecule has 0 saturated carbocycles. The smallest absolute Gasteiger partial charge is 0.191 e. The Hall–Kier alpha value is -0.160. The summed E-state index contributed by atoms with van der Waals surface area (Å²) in [4.78, 5) is 12.4. The Kier molecular flexibility index (Phi) is 14.5. The average molecular weight is 511 g/mol. The molecule has 0 aromatic carbocycles. The van der Waals surface area contributed by atoms with Crippen LogP contribution in [-0.2, 0) is 4.74 Å². The largest absolute Gasteiger partial charge is 0.379 e. The minimum atomic E-state index is 0. The lowest BCUT2D eigenvalue weighted by molar-refractivity contribution is 0.0376. The fraction of sp³-hybridized carbons (Fsp3) is 0.950. The Morgan fingerprint density at radius 3 is 2.29 bits per heavy atom. The van der Waals surface area contributed by atoms with Gasteiger partial charge in [-0.1, -0.05) is 13.8 Å². The van der Waals surface area contributed by atoms with Crippen LogP contribution in [0.25, 0.3) is 0 Å². The van der Waals surface area contributed by atoms with Crippen LogP contribution in [0.15, 0.2) is 4.99 Å². The number of nitrogens with zero attached hydrogens (tertiary/aromatic N) is 4. The van der Waals surface area contributed by atoms with Gasteiger partial charge in [0.2, 0.25) is 0 Å². The van der Waals surface area contributed by atoms with Crippen LogP contribution in [0.1, 0.15) is 27.2 Å². The maximum absolute atomic E-state index is 5.40. The van der Waals surface area contributed by atoms with E-state index in [0.29, 0.717) is 5.92 Å². The quantitative estimate of drug-likeness (QED) is 0.199. The van der Waals surface area contributed by atoms with Crippen molar-refractivity contribution in [1.82, 2.24) is 25.3 Å². The lowest BCUT2D eigenvalue weighted by Gasteiger charge is -2.35. The molecule has 7 nitrogen and oxygen atoms in total. The van der Waals surface area contributed by atoms with Gasteiger partial charge < -0.3 is 25.2 Å². The van der Waals surface area contributed by atoms with Crippen molar-refractivity contribution in [2.24, 2.45) is 10.9 Å². The topological polar surface area (TPSA) is 55.4 Å². The molecular weight excluding hydrogens is 467 g/mol. The fourth-order valence-electron chi connectivity index (χ4n) is 3.71. The number of rotatable bonds is 10. The number of likely N-dealkylation sites (N-methyl/N-ethyl adjacent to an activating group) is 1. The number of piperazine rings is 1. The highest BCUT2D eigenvalue weighted by atomic mass is 127. The third-order valence-electron chi connectivity index (χ3n) is 5.43. The third-order valence-corrected chi connectivity index (χ3v) is 5.43. The van der Waals surface area contributed by atoms with E-state index in [1.165, 1.54) is 32.7 Å². The maximum atomic E-state index is 5.40. The minimum absolute atomic E-state index is 0. The van der Waals surface area contributed by atoms with Crippen molar-refractivity contribution in [2.75, 3.05) is 91.8 Å². The van der Waals surface area contributed by atoms with Gasteiger partial charge in [-0.05, 0) is 32.4 Å². The average Bonchev–Trinajstić information content (AvgIpc) is 2.70. The molecule has 0 spiro atoms. The van der Waals surface area contributed by atoms with Crippen LogP contribution in [-0.4, -0.2) is 112 Å². The summed E-state index contributed by atoms with van der Waals surface area (Å²) >= 11 is 0.